The van der Waals surface area contributed by atoms with Gasteiger partial charge in [0.2, 0.25) is 5.91 Å². The molecule has 2 rings (SSSR count). The van der Waals surface area contributed by atoms with Crippen molar-refractivity contribution in [1.29, 1.82) is 0 Å². The number of nitrogens with zero attached hydrogens (tertiary/aromatic N) is 1. The Balaban J connectivity index is 1.88. The lowest BCUT2D eigenvalue weighted by molar-refractivity contribution is -0.139. The van der Waals surface area contributed by atoms with E-state index in [9.17, 15) is 9.59 Å². The Hall–Kier alpha value is -2.53. The van der Waals surface area contributed by atoms with Crippen molar-refractivity contribution in [3.63, 3.8) is 0 Å². The minimum Gasteiger partial charge on any atom is -0.481 e. The molecule has 2 amide bonds. The number of hydrogen-bond acceptors (Lipinski definition) is 3. The number of likely N-dealkylation sites (N-methyl/N-ethyl adjacent to an activating group) is 1. The van der Waals surface area contributed by atoms with Crippen LogP contribution in [-0.4, -0.2) is 36.4 Å². The van der Waals surface area contributed by atoms with Gasteiger partial charge in [-0.1, -0.05) is 23.7 Å². The van der Waals surface area contributed by atoms with Gasteiger partial charge in [0.25, 0.3) is 5.91 Å². The number of benzene rings is 2. The van der Waals surface area contributed by atoms with Crippen molar-refractivity contribution < 1.29 is 14.3 Å². The number of rotatable bonds is 6. The molecule has 0 aromatic heterocycles. The van der Waals surface area contributed by atoms with Crippen molar-refractivity contribution in [1.82, 2.24) is 4.90 Å². The van der Waals surface area contributed by atoms with Crippen LogP contribution in [0.1, 0.15) is 12.5 Å². The van der Waals surface area contributed by atoms with Crippen molar-refractivity contribution in [2.45, 2.75) is 20.0 Å². The third kappa shape index (κ3) is 5.80. The molecule has 0 saturated heterocycles. The van der Waals surface area contributed by atoms with Crippen molar-refractivity contribution >= 4 is 29.1 Å². The smallest absolute Gasteiger partial charge is 0.263 e. The molecular weight excluding hydrogens is 340 g/mol. The van der Waals surface area contributed by atoms with Gasteiger partial charge < -0.3 is 15.0 Å². The summed E-state index contributed by atoms with van der Waals surface area (Å²) in [7, 11) is 1.57. The van der Waals surface area contributed by atoms with E-state index in [1.54, 1.807) is 44.3 Å². The van der Waals surface area contributed by atoms with Gasteiger partial charge in [-0.05, 0) is 55.8 Å². The predicted octanol–water partition coefficient (Wildman–Crippen LogP) is 3.51. The van der Waals surface area contributed by atoms with Gasteiger partial charge >= 0.3 is 0 Å². The molecule has 1 atom stereocenters. The Kier molecular flexibility index (Phi) is 6.42. The van der Waals surface area contributed by atoms with Gasteiger partial charge in [-0.2, -0.15) is 0 Å². The second-order valence-corrected chi connectivity index (χ2v) is 6.26. The number of hydrogen-bond donors (Lipinski definition) is 1. The van der Waals surface area contributed by atoms with Gasteiger partial charge in [-0.15, -0.1) is 0 Å². The molecule has 5 nitrogen and oxygen atoms in total. The van der Waals surface area contributed by atoms with Gasteiger partial charge in [0.15, 0.2) is 6.10 Å². The summed E-state index contributed by atoms with van der Waals surface area (Å²) < 4.78 is 5.65. The number of anilines is 1. The predicted molar refractivity (Wildman–Crippen MR) is 99.0 cm³/mol. The molecule has 0 aliphatic carbocycles. The lowest BCUT2D eigenvalue weighted by Gasteiger charge is -2.22. The lowest BCUT2D eigenvalue weighted by atomic mass is 10.2. The standard InChI is InChI=1S/C19H21ClN2O3/c1-13-5-4-6-17(11-13)25-14(2)19(24)22(3)12-18(23)21-16-9-7-15(20)8-10-16/h4-11,14H,12H2,1-3H3,(H,21,23)/t14-/m0/s1. The van der Waals surface area contributed by atoms with E-state index in [-0.39, 0.29) is 18.4 Å². The quantitative estimate of drug-likeness (QED) is 0.857. The Morgan fingerprint density at radius 1 is 1.20 bits per heavy atom. The van der Waals surface area contributed by atoms with Crippen molar-refractivity contribution in [2.24, 2.45) is 0 Å². The molecule has 0 bridgehead atoms. The number of aryl methyl sites for hydroxylation is 1. The highest BCUT2D eigenvalue weighted by atomic mass is 35.5. The number of carbonyl (C=O) groups is 2. The second-order valence-electron chi connectivity index (χ2n) is 5.83. The second kappa shape index (κ2) is 8.53. The molecule has 0 aliphatic heterocycles. The minimum atomic E-state index is -0.685. The van der Waals surface area contributed by atoms with E-state index in [1.165, 1.54) is 4.90 Å². The number of carbonyl (C=O) groups excluding carboxylic acids is 2. The summed E-state index contributed by atoms with van der Waals surface area (Å²) in [6.45, 7) is 3.55. The maximum absolute atomic E-state index is 12.4. The number of ether oxygens (including phenoxy) is 1. The van der Waals surface area contributed by atoms with Crippen LogP contribution in [0.5, 0.6) is 5.75 Å². The van der Waals surface area contributed by atoms with Crippen LogP contribution in [0.2, 0.25) is 5.02 Å². The Labute approximate surface area is 152 Å². The van der Waals surface area contributed by atoms with E-state index in [0.717, 1.165) is 5.56 Å². The summed E-state index contributed by atoms with van der Waals surface area (Å²) in [5.74, 6) is 0.0635. The first-order valence-electron chi connectivity index (χ1n) is 7.89. The van der Waals surface area contributed by atoms with Crippen LogP contribution in [-0.2, 0) is 9.59 Å². The highest BCUT2D eigenvalue weighted by molar-refractivity contribution is 6.30. The van der Waals surface area contributed by atoms with E-state index in [4.69, 9.17) is 16.3 Å². The van der Waals surface area contributed by atoms with Crippen LogP contribution in [0, 0.1) is 6.92 Å². The normalized spacial score (nSPS) is 11.5. The molecule has 0 heterocycles. The molecule has 2 aromatic carbocycles. The summed E-state index contributed by atoms with van der Waals surface area (Å²) in [6.07, 6.45) is -0.685. The molecule has 0 spiro atoms. The average Bonchev–Trinajstić information content (AvgIpc) is 2.56. The summed E-state index contributed by atoms with van der Waals surface area (Å²) in [6, 6.07) is 14.2. The Morgan fingerprint density at radius 3 is 2.52 bits per heavy atom. The lowest BCUT2D eigenvalue weighted by Crippen LogP contribution is -2.41. The zero-order chi connectivity index (χ0) is 18.4. The van der Waals surface area contributed by atoms with E-state index in [1.807, 2.05) is 25.1 Å². The van der Waals surface area contributed by atoms with Crippen LogP contribution in [0.25, 0.3) is 0 Å². The van der Waals surface area contributed by atoms with Crippen LogP contribution in [0.4, 0.5) is 5.69 Å². The summed E-state index contributed by atoms with van der Waals surface area (Å²) in [5, 5.41) is 3.31. The molecule has 0 fully saturated rings. The van der Waals surface area contributed by atoms with E-state index < -0.39 is 6.10 Å². The molecule has 25 heavy (non-hydrogen) atoms. The first-order valence-corrected chi connectivity index (χ1v) is 8.26. The van der Waals surface area contributed by atoms with Crippen molar-refractivity contribution in [2.75, 3.05) is 18.9 Å². The zero-order valence-corrected chi connectivity index (χ0v) is 15.2. The summed E-state index contributed by atoms with van der Waals surface area (Å²) in [5.41, 5.74) is 1.67. The van der Waals surface area contributed by atoms with Gasteiger partial charge in [0, 0.05) is 17.8 Å². The highest BCUT2D eigenvalue weighted by Crippen LogP contribution is 2.15. The zero-order valence-electron chi connectivity index (χ0n) is 14.5. The highest BCUT2D eigenvalue weighted by Gasteiger charge is 2.21. The molecule has 1 N–H and O–H groups in total. The van der Waals surface area contributed by atoms with Gasteiger partial charge in [-0.25, -0.2) is 0 Å². The topological polar surface area (TPSA) is 58.6 Å². The van der Waals surface area contributed by atoms with Gasteiger partial charge in [0.05, 0.1) is 6.54 Å². The van der Waals surface area contributed by atoms with E-state index >= 15 is 0 Å². The number of amides is 2. The third-order valence-electron chi connectivity index (χ3n) is 3.54. The van der Waals surface area contributed by atoms with Crippen LogP contribution >= 0.6 is 11.6 Å². The Bertz CT molecular complexity index is 747. The average molecular weight is 361 g/mol. The molecule has 0 aliphatic rings. The number of halogens is 1. The maximum Gasteiger partial charge on any atom is 0.263 e. The van der Waals surface area contributed by atoms with Crippen molar-refractivity contribution in [3.8, 4) is 5.75 Å². The molecule has 132 valence electrons. The summed E-state index contributed by atoms with van der Waals surface area (Å²) >= 11 is 5.81. The fraction of sp³-hybridized carbons (Fsp3) is 0.263. The fourth-order valence-electron chi connectivity index (χ4n) is 2.28. The Morgan fingerprint density at radius 2 is 1.88 bits per heavy atom. The van der Waals surface area contributed by atoms with E-state index in [0.29, 0.717) is 16.5 Å². The largest absolute Gasteiger partial charge is 0.481 e. The molecule has 2 aromatic rings. The summed E-state index contributed by atoms with van der Waals surface area (Å²) in [4.78, 5) is 25.8. The van der Waals surface area contributed by atoms with Crippen molar-refractivity contribution in [3.05, 3.63) is 59.1 Å². The molecular formula is C19H21ClN2O3. The molecule has 0 unspecified atom stereocenters. The molecule has 6 heteroatoms. The van der Waals surface area contributed by atoms with E-state index in [2.05, 4.69) is 5.32 Å². The van der Waals surface area contributed by atoms with Gasteiger partial charge in [0.1, 0.15) is 5.75 Å². The number of nitrogens with one attached hydrogen (secondary N) is 1. The molecule has 0 saturated carbocycles. The maximum atomic E-state index is 12.4. The SMILES string of the molecule is Cc1cccc(O[C@@H](C)C(=O)N(C)CC(=O)Nc2ccc(Cl)cc2)c1. The monoisotopic (exact) mass is 360 g/mol. The minimum absolute atomic E-state index is 0.0665. The first-order chi connectivity index (χ1) is 11.8. The third-order valence-corrected chi connectivity index (χ3v) is 3.79. The fourth-order valence-corrected chi connectivity index (χ4v) is 2.41. The van der Waals surface area contributed by atoms with Crippen LogP contribution < -0.4 is 10.1 Å². The molecule has 0 radical (unpaired) electrons. The first kappa shape index (κ1) is 18.8. The van der Waals surface area contributed by atoms with Crippen LogP contribution in [0.15, 0.2) is 48.5 Å². The van der Waals surface area contributed by atoms with Gasteiger partial charge in [-0.3, -0.25) is 9.59 Å². The van der Waals surface area contributed by atoms with Crippen LogP contribution in [0.3, 0.4) is 0 Å².